The molecule has 0 saturated carbocycles. The summed E-state index contributed by atoms with van der Waals surface area (Å²) >= 11 is 5.76. The predicted molar refractivity (Wildman–Crippen MR) is 71.3 cm³/mol. The molecular weight excluding hydrogens is 275 g/mol. The standard InChI is InChI=1S/C12H16ClO4P/c1-16-18(15,17-2)9-12(14)8-5-10-3-6-11(13)7-4-10/h3-4,6-7H,5,8-9H2,1-2H3. The Balaban J connectivity index is 2.46. The molecule has 0 bridgehead atoms. The molecule has 0 spiro atoms. The van der Waals surface area contributed by atoms with E-state index >= 15 is 0 Å². The minimum Gasteiger partial charge on any atom is -0.312 e. The number of ketones is 1. The third-order valence-corrected chi connectivity index (χ3v) is 4.64. The number of carbonyl (C=O) groups excluding carboxylic acids is 1. The summed E-state index contributed by atoms with van der Waals surface area (Å²) in [5.41, 5.74) is 1.01. The maximum Gasteiger partial charge on any atom is 0.337 e. The van der Waals surface area contributed by atoms with Crippen molar-refractivity contribution in [2.24, 2.45) is 0 Å². The predicted octanol–water partition coefficient (Wildman–Crippen LogP) is 3.33. The molecule has 0 saturated heterocycles. The number of carbonyl (C=O) groups is 1. The van der Waals surface area contributed by atoms with Crippen molar-refractivity contribution >= 4 is 25.0 Å². The van der Waals surface area contributed by atoms with Crippen LogP contribution in [0.3, 0.4) is 0 Å². The molecular formula is C12H16ClO4P. The molecule has 4 nitrogen and oxygen atoms in total. The lowest BCUT2D eigenvalue weighted by molar-refractivity contribution is -0.116. The lowest BCUT2D eigenvalue weighted by atomic mass is 10.1. The maximum atomic E-state index is 11.7. The average molecular weight is 291 g/mol. The van der Waals surface area contributed by atoms with Crippen molar-refractivity contribution in [2.75, 3.05) is 20.4 Å². The molecule has 1 rings (SSSR count). The van der Waals surface area contributed by atoms with E-state index in [0.717, 1.165) is 5.56 Å². The Kier molecular flexibility index (Phi) is 6.03. The minimum absolute atomic E-state index is 0.142. The van der Waals surface area contributed by atoms with Gasteiger partial charge in [-0.1, -0.05) is 23.7 Å². The summed E-state index contributed by atoms with van der Waals surface area (Å²) in [5, 5.41) is 0.661. The van der Waals surface area contributed by atoms with Crippen LogP contribution in [0.4, 0.5) is 0 Å². The molecule has 0 aliphatic heterocycles. The van der Waals surface area contributed by atoms with Gasteiger partial charge < -0.3 is 9.05 Å². The van der Waals surface area contributed by atoms with E-state index < -0.39 is 7.60 Å². The average Bonchev–Trinajstić information content (AvgIpc) is 2.38. The summed E-state index contributed by atoms with van der Waals surface area (Å²) < 4.78 is 21.2. The van der Waals surface area contributed by atoms with Gasteiger partial charge in [0.1, 0.15) is 11.9 Å². The summed E-state index contributed by atoms with van der Waals surface area (Å²) in [7, 11) is -0.688. The maximum absolute atomic E-state index is 11.7. The second-order valence-corrected chi connectivity index (χ2v) is 6.50. The van der Waals surface area contributed by atoms with Gasteiger partial charge in [0.15, 0.2) is 0 Å². The molecule has 0 heterocycles. The van der Waals surface area contributed by atoms with Crippen molar-refractivity contribution in [3.05, 3.63) is 34.9 Å². The molecule has 1 aromatic carbocycles. The van der Waals surface area contributed by atoms with Gasteiger partial charge in [0.2, 0.25) is 0 Å². The number of benzene rings is 1. The third-order valence-electron chi connectivity index (χ3n) is 2.53. The molecule has 100 valence electrons. The topological polar surface area (TPSA) is 52.6 Å². The van der Waals surface area contributed by atoms with Crippen LogP contribution in [-0.4, -0.2) is 26.2 Å². The monoisotopic (exact) mass is 290 g/mol. The Morgan fingerprint density at radius 3 is 2.28 bits per heavy atom. The number of rotatable bonds is 7. The van der Waals surface area contributed by atoms with E-state index in [1.807, 2.05) is 12.1 Å². The Labute approximate surface area is 112 Å². The Hall–Kier alpha value is -0.670. The van der Waals surface area contributed by atoms with Crippen LogP contribution < -0.4 is 0 Å². The van der Waals surface area contributed by atoms with E-state index in [-0.39, 0.29) is 11.9 Å². The molecule has 0 aliphatic carbocycles. The lowest BCUT2D eigenvalue weighted by Gasteiger charge is -2.12. The van der Waals surface area contributed by atoms with Gasteiger partial charge in [0.05, 0.1) is 0 Å². The van der Waals surface area contributed by atoms with Crippen LogP contribution in [-0.2, 0) is 24.8 Å². The summed E-state index contributed by atoms with van der Waals surface area (Å²) in [6.45, 7) is 0. The summed E-state index contributed by atoms with van der Waals surface area (Å²) in [5.74, 6) is -0.142. The number of hydrogen-bond acceptors (Lipinski definition) is 4. The first-order chi connectivity index (χ1) is 8.49. The van der Waals surface area contributed by atoms with Crippen LogP contribution >= 0.6 is 19.2 Å². The Morgan fingerprint density at radius 2 is 1.78 bits per heavy atom. The van der Waals surface area contributed by atoms with Gasteiger partial charge in [0, 0.05) is 25.7 Å². The number of hydrogen-bond donors (Lipinski definition) is 0. The van der Waals surface area contributed by atoms with Crippen LogP contribution in [0.15, 0.2) is 24.3 Å². The molecule has 0 aromatic heterocycles. The zero-order valence-corrected chi connectivity index (χ0v) is 12.0. The highest BCUT2D eigenvalue weighted by molar-refractivity contribution is 7.54. The van der Waals surface area contributed by atoms with Crippen molar-refractivity contribution in [3.63, 3.8) is 0 Å². The molecule has 18 heavy (non-hydrogen) atoms. The summed E-state index contributed by atoms with van der Waals surface area (Å²) in [6.07, 6.45) is 0.704. The smallest absolute Gasteiger partial charge is 0.312 e. The SMILES string of the molecule is COP(=O)(CC(=O)CCc1ccc(Cl)cc1)OC. The van der Waals surface area contributed by atoms with Gasteiger partial charge in [-0.15, -0.1) is 0 Å². The Bertz CT molecular complexity index is 436. The van der Waals surface area contributed by atoms with Gasteiger partial charge in [-0.2, -0.15) is 0 Å². The van der Waals surface area contributed by atoms with E-state index in [2.05, 4.69) is 0 Å². The van der Waals surface area contributed by atoms with Crippen LogP contribution in [0.1, 0.15) is 12.0 Å². The van der Waals surface area contributed by atoms with Gasteiger partial charge in [0.25, 0.3) is 0 Å². The molecule has 0 amide bonds. The molecule has 0 N–H and O–H groups in total. The van der Waals surface area contributed by atoms with Crippen molar-refractivity contribution in [2.45, 2.75) is 12.8 Å². The minimum atomic E-state index is -3.24. The van der Waals surface area contributed by atoms with Gasteiger partial charge in [-0.25, -0.2) is 0 Å². The molecule has 6 heteroatoms. The van der Waals surface area contributed by atoms with Crippen LogP contribution in [0.5, 0.6) is 0 Å². The number of halogens is 1. The van der Waals surface area contributed by atoms with E-state index in [0.29, 0.717) is 17.9 Å². The van der Waals surface area contributed by atoms with E-state index in [1.54, 1.807) is 12.1 Å². The highest BCUT2D eigenvalue weighted by Gasteiger charge is 2.24. The molecule has 0 fully saturated rings. The van der Waals surface area contributed by atoms with Gasteiger partial charge >= 0.3 is 7.60 Å². The van der Waals surface area contributed by atoms with E-state index in [9.17, 15) is 9.36 Å². The highest BCUT2D eigenvalue weighted by Crippen LogP contribution is 2.46. The molecule has 0 aliphatic rings. The van der Waals surface area contributed by atoms with Gasteiger partial charge in [-0.05, 0) is 24.1 Å². The van der Waals surface area contributed by atoms with Crippen molar-refractivity contribution in [3.8, 4) is 0 Å². The van der Waals surface area contributed by atoms with Crippen LogP contribution in [0.25, 0.3) is 0 Å². The zero-order chi connectivity index (χ0) is 13.6. The zero-order valence-electron chi connectivity index (χ0n) is 10.4. The Morgan fingerprint density at radius 1 is 1.22 bits per heavy atom. The number of aryl methyl sites for hydroxylation is 1. The second kappa shape index (κ2) is 7.05. The van der Waals surface area contributed by atoms with Crippen molar-refractivity contribution in [1.29, 1.82) is 0 Å². The molecule has 0 radical (unpaired) electrons. The van der Waals surface area contributed by atoms with E-state index in [1.165, 1.54) is 14.2 Å². The normalized spacial score (nSPS) is 11.5. The quantitative estimate of drug-likeness (QED) is 0.723. The van der Waals surface area contributed by atoms with Crippen LogP contribution in [0, 0.1) is 0 Å². The lowest BCUT2D eigenvalue weighted by Crippen LogP contribution is -2.08. The first kappa shape index (κ1) is 15.4. The molecule has 1 aromatic rings. The fraction of sp³-hybridized carbons (Fsp3) is 0.417. The van der Waals surface area contributed by atoms with Crippen molar-refractivity contribution < 1.29 is 18.4 Å². The fourth-order valence-corrected chi connectivity index (χ4v) is 2.56. The number of Topliss-reactive ketones (excluding diaryl/α,β-unsaturated/α-hetero) is 1. The third kappa shape index (κ3) is 4.91. The summed E-state index contributed by atoms with van der Waals surface area (Å²) in [6, 6.07) is 7.27. The first-order valence-electron chi connectivity index (χ1n) is 5.46. The molecule has 0 atom stereocenters. The van der Waals surface area contributed by atoms with E-state index in [4.69, 9.17) is 20.6 Å². The van der Waals surface area contributed by atoms with Crippen LogP contribution in [0.2, 0.25) is 5.02 Å². The van der Waals surface area contributed by atoms with Crippen molar-refractivity contribution in [1.82, 2.24) is 0 Å². The second-order valence-electron chi connectivity index (χ2n) is 3.80. The largest absolute Gasteiger partial charge is 0.337 e. The first-order valence-corrected chi connectivity index (χ1v) is 7.56. The highest BCUT2D eigenvalue weighted by atomic mass is 35.5. The molecule has 0 unspecified atom stereocenters. The summed E-state index contributed by atoms with van der Waals surface area (Å²) in [4.78, 5) is 11.7. The fourth-order valence-electron chi connectivity index (χ4n) is 1.43. The van der Waals surface area contributed by atoms with Gasteiger partial charge in [-0.3, -0.25) is 9.36 Å².